The zero-order chi connectivity index (χ0) is 22.2. The fourth-order valence-corrected chi connectivity index (χ4v) is 2.93. The predicted molar refractivity (Wildman–Crippen MR) is 114 cm³/mol. The summed E-state index contributed by atoms with van der Waals surface area (Å²) in [7, 11) is 1.54. The van der Waals surface area contributed by atoms with E-state index >= 15 is 0 Å². The van der Waals surface area contributed by atoms with Gasteiger partial charge in [0.15, 0.2) is 5.78 Å². The molecule has 0 aliphatic carbocycles. The van der Waals surface area contributed by atoms with E-state index in [1.807, 2.05) is 0 Å². The average Bonchev–Trinajstić information content (AvgIpc) is 2.81. The molecule has 3 rings (SSSR count). The molecule has 3 aromatic carbocycles. The summed E-state index contributed by atoms with van der Waals surface area (Å²) in [5, 5.41) is 5.41. The van der Waals surface area contributed by atoms with Crippen molar-refractivity contribution in [2.45, 2.75) is 0 Å². The molecule has 158 valence electrons. The second-order valence-electron chi connectivity index (χ2n) is 6.62. The van der Waals surface area contributed by atoms with Gasteiger partial charge in [0.05, 0.1) is 12.7 Å². The first-order chi connectivity index (χ1) is 15.0. The summed E-state index contributed by atoms with van der Waals surface area (Å²) in [5.41, 5.74) is 1.18. The molecule has 0 saturated heterocycles. The van der Waals surface area contributed by atoms with E-state index in [0.29, 0.717) is 11.3 Å². The summed E-state index contributed by atoms with van der Waals surface area (Å²) in [4.78, 5) is 37.5. The van der Waals surface area contributed by atoms with Crippen LogP contribution in [0, 0.1) is 5.82 Å². The third kappa shape index (κ3) is 5.54. The number of benzene rings is 3. The van der Waals surface area contributed by atoms with E-state index in [4.69, 9.17) is 4.74 Å². The van der Waals surface area contributed by atoms with Crippen LogP contribution in [-0.4, -0.2) is 37.8 Å². The normalized spacial score (nSPS) is 10.3. The van der Waals surface area contributed by atoms with Gasteiger partial charge in [-0.15, -0.1) is 0 Å². The van der Waals surface area contributed by atoms with E-state index < -0.39 is 11.7 Å². The van der Waals surface area contributed by atoms with Crippen LogP contribution in [0.1, 0.15) is 36.6 Å². The molecule has 0 bridgehead atoms. The van der Waals surface area contributed by atoms with Crippen LogP contribution in [0.15, 0.2) is 72.8 Å². The van der Waals surface area contributed by atoms with Crippen molar-refractivity contribution >= 4 is 17.6 Å². The topological polar surface area (TPSA) is 84.5 Å². The number of carbonyl (C=O) groups excluding carboxylic acids is 3. The molecule has 0 atom stereocenters. The van der Waals surface area contributed by atoms with Gasteiger partial charge < -0.3 is 15.4 Å². The summed E-state index contributed by atoms with van der Waals surface area (Å²) in [6.07, 6.45) is 0. The molecule has 3 aromatic rings. The molecular formula is C24H21FN2O4. The second-order valence-corrected chi connectivity index (χ2v) is 6.62. The molecule has 6 nitrogen and oxygen atoms in total. The van der Waals surface area contributed by atoms with Crippen LogP contribution in [0.25, 0.3) is 0 Å². The largest absolute Gasteiger partial charge is 0.497 e. The number of amides is 2. The number of hydrogen-bond donors (Lipinski definition) is 2. The Labute approximate surface area is 179 Å². The minimum absolute atomic E-state index is 0.180. The van der Waals surface area contributed by atoms with Crippen molar-refractivity contribution in [3.05, 3.63) is 101 Å². The summed E-state index contributed by atoms with van der Waals surface area (Å²) in [6.45, 7) is 0.393. The Hall–Kier alpha value is -4.00. The summed E-state index contributed by atoms with van der Waals surface area (Å²) >= 11 is 0. The van der Waals surface area contributed by atoms with E-state index in [-0.39, 0.29) is 41.5 Å². The third-order valence-electron chi connectivity index (χ3n) is 4.57. The second kappa shape index (κ2) is 10.2. The first kappa shape index (κ1) is 21.7. The number of halogens is 1. The molecule has 0 aliphatic heterocycles. The Balaban J connectivity index is 1.57. The highest BCUT2D eigenvalue weighted by Crippen LogP contribution is 2.15. The number of rotatable bonds is 8. The zero-order valence-electron chi connectivity index (χ0n) is 16.9. The van der Waals surface area contributed by atoms with Gasteiger partial charge in [0.25, 0.3) is 11.8 Å². The molecule has 2 amide bonds. The van der Waals surface area contributed by atoms with Crippen molar-refractivity contribution in [1.82, 2.24) is 10.6 Å². The summed E-state index contributed by atoms with van der Waals surface area (Å²) in [5.74, 6) is -0.885. The molecule has 0 unspecified atom stereocenters. The maximum atomic E-state index is 13.1. The van der Waals surface area contributed by atoms with Crippen LogP contribution in [0.5, 0.6) is 5.75 Å². The van der Waals surface area contributed by atoms with Gasteiger partial charge in [-0.3, -0.25) is 14.4 Å². The number of ether oxygens (including phenoxy) is 1. The SMILES string of the molecule is COc1ccc(C(=O)NCCNC(=O)c2ccccc2C(=O)c2ccc(F)cc2)cc1. The lowest BCUT2D eigenvalue weighted by Crippen LogP contribution is -2.35. The van der Waals surface area contributed by atoms with Crippen LogP contribution in [0.2, 0.25) is 0 Å². The first-order valence-electron chi connectivity index (χ1n) is 9.59. The number of methoxy groups -OCH3 is 1. The molecule has 0 aliphatic rings. The van der Waals surface area contributed by atoms with Gasteiger partial charge in [-0.05, 0) is 54.6 Å². The van der Waals surface area contributed by atoms with Gasteiger partial charge in [-0.25, -0.2) is 4.39 Å². The smallest absolute Gasteiger partial charge is 0.252 e. The van der Waals surface area contributed by atoms with Crippen LogP contribution in [-0.2, 0) is 0 Å². The molecule has 0 aromatic heterocycles. The fourth-order valence-electron chi connectivity index (χ4n) is 2.93. The Morgan fingerprint density at radius 3 is 1.90 bits per heavy atom. The van der Waals surface area contributed by atoms with E-state index in [1.54, 1.807) is 55.6 Å². The van der Waals surface area contributed by atoms with E-state index in [0.717, 1.165) is 0 Å². The lowest BCUT2D eigenvalue weighted by Gasteiger charge is -2.10. The molecule has 2 N–H and O–H groups in total. The monoisotopic (exact) mass is 420 g/mol. The van der Waals surface area contributed by atoms with Gasteiger partial charge in [0.1, 0.15) is 11.6 Å². The molecule has 0 saturated carbocycles. The maximum Gasteiger partial charge on any atom is 0.252 e. The standard InChI is InChI=1S/C24H21FN2O4/c1-31-19-12-8-17(9-13-19)23(29)26-14-15-27-24(30)21-5-3-2-4-20(21)22(28)16-6-10-18(25)11-7-16/h2-13H,14-15H2,1H3,(H,26,29)(H,27,30). The number of ketones is 1. The van der Waals surface area contributed by atoms with E-state index in [9.17, 15) is 18.8 Å². The van der Waals surface area contributed by atoms with Gasteiger partial charge in [0.2, 0.25) is 0 Å². The first-order valence-corrected chi connectivity index (χ1v) is 9.59. The van der Waals surface area contributed by atoms with Crippen LogP contribution >= 0.6 is 0 Å². The Bertz CT molecular complexity index is 1080. The fraction of sp³-hybridized carbons (Fsp3) is 0.125. The molecule has 0 fully saturated rings. The van der Waals surface area contributed by atoms with Gasteiger partial charge in [0, 0.05) is 29.8 Å². The highest BCUT2D eigenvalue weighted by atomic mass is 19.1. The van der Waals surface area contributed by atoms with Gasteiger partial charge >= 0.3 is 0 Å². The van der Waals surface area contributed by atoms with E-state index in [2.05, 4.69) is 10.6 Å². The number of nitrogens with one attached hydrogen (secondary N) is 2. The minimum Gasteiger partial charge on any atom is -0.497 e. The van der Waals surface area contributed by atoms with Crippen molar-refractivity contribution in [3.8, 4) is 5.75 Å². The molecule has 31 heavy (non-hydrogen) atoms. The summed E-state index contributed by atoms with van der Waals surface area (Å²) < 4.78 is 18.2. The molecule has 0 heterocycles. The molecule has 0 radical (unpaired) electrons. The average molecular weight is 420 g/mol. The number of carbonyl (C=O) groups is 3. The van der Waals surface area contributed by atoms with Crippen molar-refractivity contribution in [1.29, 1.82) is 0 Å². The van der Waals surface area contributed by atoms with Crippen LogP contribution in [0.3, 0.4) is 0 Å². The van der Waals surface area contributed by atoms with Gasteiger partial charge in [-0.1, -0.05) is 18.2 Å². The number of hydrogen-bond acceptors (Lipinski definition) is 4. The quantitative estimate of drug-likeness (QED) is 0.433. The Morgan fingerprint density at radius 1 is 0.742 bits per heavy atom. The lowest BCUT2D eigenvalue weighted by molar-refractivity contribution is 0.0924. The van der Waals surface area contributed by atoms with Crippen molar-refractivity contribution in [3.63, 3.8) is 0 Å². The van der Waals surface area contributed by atoms with Crippen LogP contribution in [0.4, 0.5) is 4.39 Å². The van der Waals surface area contributed by atoms with Crippen LogP contribution < -0.4 is 15.4 Å². The summed E-state index contributed by atoms with van der Waals surface area (Å²) in [6, 6.07) is 18.2. The Morgan fingerprint density at radius 2 is 1.29 bits per heavy atom. The third-order valence-corrected chi connectivity index (χ3v) is 4.57. The lowest BCUT2D eigenvalue weighted by atomic mass is 9.98. The van der Waals surface area contributed by atoms with Crippen molar-refractivity contribution < 1.29 is 23.5 Å². The maximum absolute atomic E-state index is 13.1. The molecular weight excluding hydrogens is 399 g/mol. The van der Waals surface area contributed by atoms with Gasteiger partial charge in [-0.2, -0.15) is 0 Å². The molecule has 7 heteroatoms. The molecule has 0 spiro atoms. The minimum atomic E-state index is -0.445. The highest BCUT2D eigenvalue weighted by molar-refractivity contribution is 6.15. The highest BCUT2D eigenvalue weighted by Gasteiger charge is 2.18. The Kier molecular flexibility index (Phi) is 7.11. The van der Waals surface area contributed by atoms with Crippen molar-refractivity contribution in [2.24, 2.45) is 0 Å². The predicted octanol–water partition coefficient (Wildman–Crippen LogP) is 3.23. The van der Waals surface area contributed by atoms with E-state index in [1.165, 1.54) is 24.3 Å². The van der Waals surface area contributed by atoms with Crippen molar-refractivity contribution in [2.75, 3.05) is 20.2 Å². The zero-order valence-corrected chi connectivity index (χ0v) is 16.9.